The third-order valence-corrected chi connectivity index (χ3v) is 3.94. The number of rotatable bonds is 7. The molecule has 0 saturated carbocycles. The molecule has 0 spiro atoms. The van der Waals surface area contributed by atoms with Crippen LogP contribution in [0.4, 0.5) is 0 Å². The zero-order valence-electron chi connectivity index (χ0n) is 11.9. The van der Waals surface area contributed by atoms with Crippen molar-refractivity contribution >= 4 is 38.6 Å². The lowest BCUT2D eigenvalue weighted by Crippen LogP contribution is -2.10. The van der Waals surface area contributed by atoms with E-state index in [2.05, 4.69) is 45.4 Å². The molecule has 0 N–H and O–H groups in total. The molecule has 0 radical (unpaired) electrons. The average molecular weight is 360 g/mol. The normalized spacial score (nSPS) is 11.7. The molecule has 2 aromatic rings. The minimum Gasteiger partial charge on any atom is -0.380 e. The van der Waals surface area contributed by atoms with Crippen molar-refractivity contribution in [1.82, 2.24) is 9.55 Å². The molecule has 1 aromatic heterocycles. The number of hydrogen-bond donors (Lipinski definition) is 0. The Morgan fingerprint density at radius 2 is 2.15 bits per heavy atom. The lowest BCUT2D eigenvalue weighted by molar-refractivity contribution is 0.116. The van der Waals surface area contributed by atoms with Gasteiger partial charge in [-0.1, -0.05) is 29.8 Å². The SMILES string of the molecule is CC(C)CCOCCn1c(CCl)nc2cc(Br)ccc21. The Hall–Kier alpha value is -0.580. The van der Waals surface area contributed by atoms with Crippen LogP contribution < -0.4 is 0 Å². The number of imidazole rings is 1. The van der Waals surface area contributed by atoms with Gasteiger partial charge in [-0.15, -0.1) is 11.6 Å². The Balaban J connectivity index is 2.04. The van der Waals surface area contributed by atoms with Crippen molar-refractivity contribution in [2.24, 2.45) is 5.92 Å². The number of aromatic nitrogens is 2. The van der Waals surface area contributed by atoms with E-state index in [1.807, 2.05) is 12.1 Å². The fraction of sp³-hybridized carbons (Fsp3) is 0.533. The van der Waals surface area contributed by atoms with Crippen LogP contribution in [0.25, 0.3) is 11.0 Å². The summed E-state index contributed by atoms with van der Waals surface area (Å²) in [6, 6.07) is 6.11. The van der Waals surface area contributed by atoms with Gasteiger partial charge in [0.05, 0.1) is 23.5 Å². The van der Waals surface area contributed by atoms with Gasteiger partial charge in [0.15, 0.2) is 0 Å². The summed E-state index contributed by atoms with van der Waals surface area (Å²) in [6.07, 6.45) is 1.10. The largest absolute Gasteiger partial charge is 0.380 e. The summed E-state index contributed by atoms with van der Waals surface area (Å²) < 4.78 is 8.86. The molecule has 0 atom stereocenters. The van der Waals surface area contributed by atoms with Crippen molar-refractivity contribution in [3.8, 4) is 0 Å². The van der Waals surface area contributed by atoms with Gasteiger partial charge in [-0.25, -0.2) is 4.98 Å². The number of nitrogens with zero attached hydrogens (tertiary/aromatic N) is 2. The van der Waals surface area contributed by atoms with Gasteiger partial charge in [0.1, 0.15) is 5.82 Å². The zero-order valence-corrected chi connectivity index (χ0v) is 14.2. The summed E-state index contributed by atoms with van der Waals surface area (Å²) >= 11 is 9.46. The van der Waals surface area contributed by atoms with Crippen LogP contribution >= 0.6 is 27.5 Å². The van der Waals surface area contributed by atoms with Crippen molar-refractivity contribution in [2.45, 2.75) is 32.7 Å². The highest BCUT2D eigenvalue weighted by atomic mass is 79.9. The van der Waals surface area contributed by atoms with Crippen molar-refractivity contribution in [3.63, 3.8) is 0 Å². The number of fused-ring (bicyclic) bond motifs is 1. The molecule has 0 aliphatic heterocycles. The fourth-order valence-corrected chi connectivity index (χ4v) is 2.63. The van der Waals surface area contributed by atoms with Crippen LogP contribution in [-0.4, -0.2) is 22.8 Å². The highest BCUT2D eigenvalue weighted by Crippen LogP contribution is 2.21. The molecule has 0 saturated heterocycles. The van der Waals surface area contributed by atoms with Crippen LogP contribution in [0.15, 0.2) is 22.7 Å². The Morgan fingerprint density at radius 3 is 2.85 bits per heavy atom. The molecule has 0 aliphatic rings. The predicted molar refractivity (Wildman–Crippen MR) is 87.3 cm³/mol. The monoisotopic (exact) mass is 358 g/mol. The summed E-state index contributed by atoms with van der Waals surface area (Å²) in [5.74, 6) is 1.99. The molecule has 20 heavy (non-hydrogen) atoms. The van der Waals surface area contributed by atoms with Crippen LogP contribution in [0.3, 0.4) is 0 Å². The quantitative estimate of drug-likeness (QED) is 0.533. The Labute approximate surface area is 133 Å². The van der Waals surface area contributed by atoms with Crippen LogP contribution in [-0.2, 0) is 17.2 Å². The molecule has 1 heterocycles. The van der Waals surface area contributed by atoms with Crippen molar-refractivity contribution < 1.29 is 4.74 Å². The van der Waals surface area contributed by atoms with Crippen LogP contribution in [0, 0.1) is 5.92 Å². The molecular weight excluding hydrogens is 340 g/mol. The Morgan fingerprint density at radius 1 is 1.35 bits per heavy atom. The number of alkyl halides is 1. The second-order valence-electron chi connectivity index (χ2n) is 5.24. The molecule has 110 valence electrons. The molecule has 0 fully saturated rings. The van der Waals surface area contributed by atoms with Crippen molar-refractivity contribution in [2.75, 3.05) is 13.2 Å². The lowest BCUT2D eigenvalue weighted by Gasteiger charge is -2.09. The van der Waals surface area contributed by atoms with Gasteiger partial charge in [0.2, 0.25) is 0 Å². The van der Waals surface area contributed by atoms with E-state index >= 15 is 0 Å². The maximum absolute atomic E-state index is 5.99. The molecule has 0 bridgehead atoms. The van der Waals surface area contributed by atoms with Crippen LogP contribution in [0.5, 0.6) is 0 Å². The van der Waals surface area contributed by atoms with E-state index in [1.165, 1.54) is 0 Å². The summed E-state index contributed by atoms with van der Waals surface area (Å²) in [6.45, 7) is 6.70. The minimum absolute atomic E-state index is 0.415. The smallest absolute Gasteiger partial charge is 0.124 e. The first-order valence-corrected chi connectivity index (χ1v) is 8.23. The molecule has 0 amide bonds. The topological polar surface area (TPSA) is 27.1 Å². The summed E-state index contributed by atoms with van der Waals surface area (Å²) in [4.78, 5) is 4.56. The summed E-state index contributed by atoms with van der Waals surface area (Å²) in [7, 11) is 0. The minimum atomic E-state index is 0.415. The second-order valence-corrected chi connectivity index (χ2v) is 6.42. The van der Waals surface area contributed by atoms with Gasteiger partial charge in [-0.3, -0.25) is 0 Å². The number of benzene rings is 1. The van der Waals surface area contributed by atoms with Gasteiger partial charge in [0.25, 0.3) is 0 Å². The lowest BCUT2D eigenvalue weighted by atomic mass is 10.1. The second kappa shape index (κ2) is 7.43. The Bertz CT molecular complexity index is 568. The van der Waals surface area contributed by atoms with Crippen LogP contribution in [0.2, 0.25) is 0 Å². The molecule has 5 heteroatoms. The predicted octanol–water partition coefficient (Wildman–Crippen LogP) is 4.60. The van der Waals surface area contributed by atoms with Crippen molar-refractivity contribution in [1.29, 1.82) is 0 Å². The van der Waals surface area contributed by atoms with E-state index < -0.39 is 0 Å². The van der Waals surface area contributed by atoms with Gasteiger partial charge < -0.3 is 9.30 Å². The molecular formula is C15H20BrClN2O. The van der Waals surface area contributed by atoms with E-state index in [0.717, 1.165) is 40.9 Å². The van der Waals surface area contributed by atoms with Crippen molar-refractivity contribution in [3.05, 3.63) is 28.5 Å². The van der Waals surface area contributed by atoms with Crippen LogP contribution in [0.1, 0.15) is 26.1 Å². The fourth-order valence-electron chi connectivity index (χ4n) is 2.08. The molecule has 0 aliphatic carbocycles. The molecule has 3 nitrogen and oxygen atoms in total. The summed E-state index contributed by atoms with van der Waals surface area (Å²) in [5.41, 5.74) is 2.08. The van der Waals surface area contributed by atoms with Gasteiger partial charge in [-0.2, -0.15) is 0 Å². The number of ether oxygens (including phenoxy) is 1. The zero-order chi connectivity index (χ0) is 14.5. The van der Waals surface area contributed by atoms with E-state index in [0.29, 0.717) is 18.4 Å². The third kappa shape index (κ3) is 3.96. The first kappa shape index (κ1) is 15.8. The van der Waals surface area contributed by atoms with E-state index in [-0.39, 0.29) is 0 Å². The number of hydrogen-bond acceptors (Lipinski definition) is 2. The standard InChI is InChI=1S/C15H20BrClN2O/c1-11(2)5-7-20-8-6-19-14-4-3-12(16)9-13(14)18-15(19)10-17/h3-4,9,11H,5-8,10H2,1-2H3. The molecule has 2 rings (SSSR count). The first-order valence-electron chi connectivity index (χ1n) is 6.90. The van der Waals surface area contributed by atoms with Gasteiger partial charge in [0, 0.05) is 17.6 Å². The van der Waals surface area contributed by atoms with E-state index in [1.54, 1.807) is 0 Å². The maximum atomic E-state index is 5.99. The highest BCUT2D eigenvalue weighted by molar-refractivity contribution is 9.10. The summed E-state index contributed by atoms with van der Waals surface area (Å²) in [5, 5.41) is 0. The van der Waals surface area contributed by atoms with E-state index in [9.17, 15) is 0 Å². The Kier molecular flexibility index (Phi) is 5.87. The third-order valence-electron chi connectivity index (χ3n) is 3.21. The molecule has 1 aromatic carbocycles. The average Bonchev–Trinajstić information content (AvgIpc) is 2.75. The molecule has 0 unspecified atom stereocenters. The van der Waals surface area contributed by atoms with E-state index in [4.69, 9.17) is 16.3 Å². The first-order chi connectivity index (χ1) is 9.61. The maximum Gasteiger partial charge on any atom is 0.124 e. The number of halogens is 2. The van der Waals surface area contributed by atoms with Gasteiger partial charge in [-0.05, 0) is 30.5 Å². The highest BCUT2D eigenvalue weighted by Gasteiger charge is 2.10. The van der Waals surface area contributed by atoms with Gasteiger partial charge >= 0.3 is 0 Å².